The van der Waals surface area contributed by atoms with E-state index in [1.807, 2.05) is 4.90 Å². The van der Waals surface area contributed by atoms with Gasteiger partial charge in [-0.1, -0.05) is 5.16 Å². The summed E-state index contributed by atoms with van der Waals surface area (Å²) in [6, 6.07) is 1.75. The summed E-state index contributed by atoms with van der Waals surface area (Å²) in [6.45, 7) is 3.74. The Morgan fingerprint density at radius 3 is 3.00 bits per heavy atom. The fourth-order valence-corrected chi connectivity index (χ4v) is 2.71. The third kappa shape index (κ3) is 4.02. The lowest BCUT2D eigenvalue weighted by atomic mass is 9.97. The maximum Gasteiger partial charge on any atom is 0.231 e. The zero-order valence-corrected chi connectivity index (χ0v) is 13.1. The lowest BCUT2D eigenvalue weighted by Gasteiger charge is -2.31. The van der Waals surface area contributed by atoms with Crippen molar-refractivity contribution in [2.45, 2.75) is 32.1 Å². The van der Waals surface area contributed by atoms with Gasteiger partial charge >= 0.3 is 0 Å². The van der Waals surface area contributed by atoms with Crippen molar-refractivity contribution in [1.29, 1.82) is 0 Å². The number of hydrogen-bond acceptors (Lipinski definition) is 7. The second kappa shape index (κ2) is 7.17. The van der Waals surface area contributed by atoms with Crippen LogP contribution in [0.5, 0.6) is 0 Å². The second-order valence-electron chi connectivity index (χ2n) is 5.61. The number of anilines is 1. The van der Waals surface area contributed by atoms with Crippen LogP contribution in [-0.4, -0.2) is 50.5 Å². The van der Waals surface area contributed by atoms with Crippen LogP contribution in [0.4, 0.5) is 5.95 Å². The fraction of sp³-hybridized carbons (Fsp3) is 0.533. The first-order valence-corrected chi connectivity index (χ1v) is 7.81. The van der Waals surface area contributed by atoms with Crippen LogP contribution in [0.3, 0.4) is 0 Å². The molecule has 3 heterocycles. The smallest absolute Gasteiger partial charge is 0.231 e. The van der Waals surface area contributed by atoms with Crippen molar-refractivity contribution in [3.05, 3.63) is 30.2 Å². The number of aryl methyl sites for hydroxylation is 1. The first kappa shape index (κ1) is 15.4. The van der Waals surface area contributed by atoms with E-state index in [0.29, 0.717) is 37.2 Å². The predicted octanol–water partition coefficient (Wildman–Crippen LogP) is 1.38. The molecule has 0 saturated carbocycles. The highest BCUT2D eigenvalue weighted by Gasteiger charge is 2.27. The number of amides is 1. The average molecular weight is 316 g/mol. The Morgan fingerprint density at radius 1 is 1.43 bits per heavy atom. The van der Waals surface area contributed by atoms with E-state index in [-0.39, 0.29) is 11.8 Å². The minimum Gasteiger partial charge on any atom is -0.354 e. The lowest BCUT2D eigenvalue weighted by Crippen LogP contribution is -2.39. The number of hydrogen-bond donors (Lipinski definition) is 1. The Bertz CT molecular complexity index is 644. The SMILES string of the molecule is Cc1noc([C@H]2CCCN(C(=O)CCNc3ncccn3)C2)n1. The molecule has 0 spiro atoms. The van der Waals surface area contributed by atoms with Crippen molar-refractivity contribution in [3.63, 3.8) is 0 Å². The van der Waals surface area contributed by atoms with E-state index in [1.165, 1.54) is 0 Å². The number of aromatic nitrogens is 4. The van der Waals surface area contributed by atoms with Crippen LogP contribution >= 0.6 is 0 Å². The van der Waals surface area contributed by atoms with Crippen molar-refractivity contribution < 1.29 is 9.32 Å². The van der Waals surface area contributed by atoms with Gasteiger partial charge in [0.15, 0.2) is 5.82 Å². The van der Waals surface area contributed by atoms with Gasteiger partial charge in [0.05, 0.1) is 5.92 Å². The van der Waals surface area contributed by atoms with Gasteiger partial charge in [-0.3, -0.25) is 4.79 Å². The summed E-state index contributed by atoms with van der Waals surface area (Å²) >= 11 is 0. The monoisotopic (exact) mass is 316 g/mol. The zero-order valence-electron chi connectivity index (χ0n) is 13.1. The zero-order chi connectivity index (χ0) is 16.1. The molecule has 1 amide bonds. The van der Waals surface area contributed by atoms with Gasteiger partial charge in [-0.25, -0.2) is 9.97 Å². The van der Waals surface area contributed by atoms with Gasteiger partial charge in [0.2, 0.25) is 17.7 Å². The molecule has 0 radical (unpaired) electrons. The summed E-state index contributed by atoms with van der Waals surface area (Å²) in [4.78, 5) is 26.6. The van der Waals surface area contributed by atoms with Gasteiger partial charge in [-0.2, -0.15) is 4.98 Å². The number of carbonyl (C=O) groups is 1. The molecule has 2 aromatic rings. The fourth-order valence-electron chi connectivity index (χ4n) is 2.71. The van der Waals surface area contributed by atoms with E-state index in [9.17, 15) is 4.79 Å². The van der Waals surface area contributed by atoms with Crippen LogP contribution in [0, 0.1) is 6.92 Å². The quantitative estimate of drug-likeness (QED) is 0.889. The molecular formula is C15H20N6O2. The standard InChI is InChI=1S/C15H20N6O2/c1-11-19-14(23-20-11)12-4-2-9-21(10-12)13(22)5-8-18-15-16-6-3-7-17-15/h3,6-7,12H,2,4-5,8-10H2,1H3,(H,16,17,18)/t12-/m0/s1. The van der Waals surface area contributed by atoms with Crippen molar-refractivity contribution in [1.82, 2.24) is 25.0 Å². The normalized spacial score (nSPS) is 18.0. The molecule has 122 valence electrons. The van der Waals surface area contributed by atoms with Crippen molar-refractivity contribution in [3.8, 4) is 0 Å². The summed E-state index contributed by atoms with van der Waals surface area (Å²) in [6.07, 6.45) is 5.67. The van der Waals surface area contributed by atoms with Crippen LogP contribution in [0.1, 0.15) is 36.9 Å². The summed E-state index contributed by atoms with van der Waals surface area (Å²) in [5, 5.41) is 6.88. The summed E-state index contributed by atoms with van der Waals surface area (Å²) in [5.41, 5.74) is 0. The van der Waals surface area contributed by atoms with Gasteiger partial charge in [0.1, 0.15) is 0 Å². The van der Waals surface area contributed by atoms with Gasteiger partial charge in [-0.15, -0.1) is 0 Å². The predicted molar refractivity (Wildman–Crippen MR) is 82.7 cm³/mol. The third-order valence-corrected chi connectivity index (χ3v) is 3.85. The molecule has 1 saturated heterocycles. The van der Waals surface area contributed by atoms with Crippen LogP contribution in [0.2, 0.25) is 0 Å². The molecule has 0 aromatic carbocycles. The molecule has 1 aliphatic rings. The number of likely N-dealkylation sites (tertiary alicyclic amines) is 1. The molecule has 1 atom stereocenters. The maximum atomic E-state index is 12.3. The number of nitrogens with zero attached hydrogens (tertiary/aromatic N) is 5. The minimum atomic E-state index is 0.120. The Labute approximate surface area is 134 Å². The molecular weight excluding hydrogens is 296 g/mol. The highest BCUT2D eigenvalue weighted by atomic mass is 16.5. The van der Waals surface area contributed by atoms with Crippen molar-refractivity contribution in [2.24, 2.45) is 0 Å². The molecule has 8 nitrogen and oxygen atoms in total. The molecule has 23 heavy (non-hydrogen) atoms. The summed E-state index contributed by atoms with van der Waals surface area (Å²) in [7, 11) is 0. The maximum absolute atomic E-state index is 12.3. The van der Waals surface area contributed by atoms with Gasteiger partial charge in [0, 0.05) is 38.4 Å². The highest BCUT2D eigenvalue weighted by Crippen LogP contribution is 2.25. The van der Waals surface area contributed by atoms with E-state index in [1.54, 1.807) is 25.4 Å². The topological polar surface area (TPSA) is 97.0 Å². The molecule has 1 N–H and O–H groups in total. The summed E-state index contributed by atoms with van der Waals surface area (Å²) in [5.74, 6) is 2.07. The van der Waals surface area contributed by atoms with Crippen LogP contribution < -0.4 is 5.32 Å². The average Bonchev–Trinajstić information content (AvgIpc) is 3.02. The molecule has 0 unspecified atom stereocenters. The Kier molecular flexibility index (Phi) is 4.80. The Balaban J connectivity index is 1.49. The van der Waals surface area contributed by atoms with Crippen LogP contribution in [0.25, 0.3) is 0 Å². The van der Waals surface area contributed by atoms with Gasteiger partial charge in [-0.05, 0) is 25.8 Å². The van der Waals surface area contributed by atoms with E-state index in [0.717, 1.165) is 19.4 Å². The van der Waals surface area contributed by atoms with E-state index < -0.39 is 0 Å². The van der Waals surface area contributed by atoms with Crippen LogP contribution in [-0.2, 0) is 4.79 Å². The molecule has 3 rings (SSSR count). The largest absolute Gasteiger partial charge is 0.354 e. The first-order chi connectivity index (χ1) is 11.2. The molecule has 1 aliphatic heterocycles. The molecule has 8 heteroatoms. The minimum absolute atomic E-state index is 0.120. The number of nitrogens with one attached hydrogen (secondary N) is 1. The second-order valence-corrected chi connectivity index (χ2v) is 5.61. The third-order valence-electron chi connectivity index (χ3n) is 3.85. The highest BCUT2D eigenvalue weighted by molar-refractivity contribution is 5.76. The molecule has 0 aliphatic carbocycles. The Hall–Kier alpha value is -2.51. The molecule has 1 fully saturated rings. The van der Waals surface area contributed by atoms with Gasteiger partial charge < -0.3 is 14.7 Å². The van der Waals surface area contributed by atoms with Crippen LogP contribution in [0.15, 0.2) is 23.0 Å². The van der Waals surface area contributed by atoms with Crippen molar-refractivity contribution >= 4 is 11.9 Å². The Morgan fingerprint density at radius 2 is 2.26 bits per heavy atom. The van der Waals surface area contributed by atoms with E-state index >= 15 is 0 Å². The number of carbonyl (C=O) groups excluding carboxylic acids is 1. The molecule has 0 bridgehead atoms. The van der Waals surface area contributed by atoms with Crippen molar-refractivity contribution in [2.75, 3.05) is 25.0 Å². The lowest BCUT2D eigenvalue weighted by molar-refractivity contribution is -0.132. The summed E-state index contributed by atoms with van der Waals surface area (Å²) < 4.78 is 5.24. The number of rotatable bonds is 5. The number of piperidine rings is 1. The molecule has 2 aromatic heterocycles. The van der Waals surface area contributed by atoms with E-state index in [2.05, 4.69) is 25.4 Å². The van der Waals surface area contributed by atoms with Gasteiger partial charge in [0.25, 0.3) is 0 Å². The first-order valence-electron chi connectivity index (χ1n) is 7.81. The van der Waals surface area contributed by atoms with E-state index in [4.69, 9.17) is 4.52 Å².